The average molecular weight is 330 g/mol. The van der Waals surface area contributed by atoms with Crippen molar-refractivity contribution in [1.82, 2.24) is 4.90 Å². The van der Waals surface area contributed by atoms with Crippen LogP contribution in [0.3, 0.4) is 0 Å². The molecule has 0 saturated heterocycles. The summed E-state index contributed by atoms with van der Waals surface area (Å²) in [5.41, 5.74) is 4.30. The van der Waals surface area contributed by atoms with Gasteiger partial charge in [-0.25, -0.2) is 4.79 Å². The lowest BCUT2D eigenvalue weighted by Gasteiger charge is -2.22. The zero-order chi connectivity index (χ0) is 14.7. The first-order valence-electron chi connectivity index (χ1n) is 5.96. The number of carbonyl (C=O) groups is 1. The summed E-state index contributed by atoms with van der Waals surface area (Å²) in [4.78, 5) is 13.0. The Morgan fingerprint density at radius 2 is 1.74 bits per heavy atom. The minimum atomic E-state index is -0.365. The summed E-state index contributed by atoms with van der Waals surface area (Å²) in [5, 5.41) is 0. The van der Waals surface area contributed by atoms with E-state index in [0.29, 0.717) is 6.54 Å². The van der Waals surface area contributed by atoms with E-state index in [1.54, 1.807) is 14.2 Å². The molecular formula is C14H20BrNO3. The monoisotopic (exact) mass is 329 g/mol. The second kappa shape index (κ2) is 6.28. The van der Waals surface area contributed by atoms with E-state index in [9.17, 15) is 4.79 Å². The van der Waals surface area contributed by atoms with Crippen molar-refractivity contribution in [3.8, 4) is 5.75 Å². The number of rotatable bonds is 3. The van der Waals surface area contributed by atoms with Crippen LogP contribution in [-0.2, 0) is 11.3 Å². The molecule has 0 N–H and O–H groups in total. The number of amides is 1. The molecule has 1 amide bonds. The first kappa shape index (κ1) is 15.8. The highest BCUT2D eigenvalue weighted by Crippen LogP contribution is 2.36. The fraction of sp³-hybridized carbons (Fsp3) is 0.500. The summed E-state index contributed by atoms with van der Waals surface area (Å²) in [6.45, 7) is 6.52. The van der Waals surface area contributed by atoms with Gasteiger partial charge in [0.25, 0.3) is 0 Å². The molecule has 0 aliphatic rings. The van der Waals surface area contributed by atoms with Crippen LogP contribution in [0.15, 0.2) is 4.47 Å². The van der Waals surface area contributed by atoms with Crippen molar-refractivity contribution in [3.63, 3.8) is 0 Å². The Hall–Kier alpha value is -1.23. The van der Waals surface area contributed by atoms with Crippen molar-refractivity contribution in [2.75, 3.05) is 21.3 Å². The maximum atomic E-state index is 11.5. The van der Waals surface area contributed by atoms with E-state index in [-0.39, 0.29) is 6.09 Å². The molecule has 0 atom stereocenters. The molecule has 0 saturated carbocycles. The molecular weight excluding hydrogens is 310 g/mol. The van der Waals surface area contributed by atoms with Crippen LogP contribution in [0.2, 0.25) is 0 Å². The quantitative estimate of drug-likeness (QED) is 0.850. The second-order valence-corrected chi connectivity index (χ2v) is 5.32. The van der Waals surface area contributed by atoms with Gasteiger partial charge in [0.15, 0.2) is 0 Å². The summed E-state index contributed by atoms with van der Waals surface area (Å²) < 4.78 is 11.3. The molecule has 0 aliphatic heterocycles. The number of halogens is 1. The number of benzene rings is 1. The highest BCUT2D eigenvalue weighted by molar-refractivity contribution is 9.10. The molecule has 1 aromatic rings. The van der Waals surface area contributed by atoms with Crippen molar-refractivity contribution in [3.05, 3.63) is 26.7 Å². The number of methoxy groups -OCH3 is 2. The van der Waals surface area contributed by atoms with Crippen molar-refractivity contribution in [2.45, 2.75) is 27.3 Å². The lowest BCUT2D eigenvalue weighted by molar-refractivity contribution is 0.131. The lowest BCUT2D eigenvalue weighted by atomic mass is 9.98. The van der Waals surface area contributed by atoms with E-state index in [1.807, 2.05) is 20.8 Å². The molecule has 0 bridgehead atoms. The van der Waals surface area contributed by atoms with Crippen molar-refractivity contribution in [2.24, 2.45) is 0 Å². The Morgan fingerprint density at radius 1 is 1.16 bits per heavy atom. The summed E-state index contributed by atoms with van der Waals surface area (Å²) in [7, 11) is 4.73. The number of hydrogen-bond donors (Lipinski definition) is 0. The minimum Gasteiger partial charge on any atom is -0.496 e. The van der Waals surface area contributed by atoms with Crippen LogP contribution < -0.4 is 4.74 Å². The first-order valence-corrected chi connectivity index (χ1v) is 6.75. The van der Waals surface area contributed by atoms with Gasteiger partial charge in [0.2, 0.25) is 0 Å². The van der Waals surface area contributed by atoms with Gasteiger partial charge in [-0.05, 0) is 37.5 Å². The molecule has 0 heterocycles. The fourth-order valence-electron chi connectivity index (χ4n) is 2.07. The standard InChI is InChI=1S/C14H20BrNO3/c1-8-9(2)13(18-5)11(10(3)12(8)15)7-16(4)14(17)19-6/h7H2,1-6H3. The zero-order valence-electron chi connectivity index (χ0n) is 12.3. The van der Waals surface area contributed by atoms with E-state index in [4.69, 9.17) is 9.47 Å². The largest absolute Gasteiger partial charge is 0.496 e. The fourth-order valence-corrected chi connectivity index (χ4v) is 2.61. The smallest absolute Gasteiger partial charge is 0.409 e. The molecule has 0 fully saturated rings. The topological polar surface area (TPSA) is 38.8 Å². The first-order chi connectivity index (χ1) is 8.84. The Bertz CT molecular complexity index is 500. The Morgan fingerprint density at radius 3 is 2.21 bits per heavy atom. The molecule has 1 rings (SSSR count). The van der Waals surface area contributed by atoms with E-state index in [2.05, 4.69) is 15.9 Å². The van der Waals surface area contributed by atoms with Gasteiger partial charge < -0.3 is 14.4 Å². The van der Waals surface area contributed by atoms with Gasteiger partial charge in [0.1, 0.15) is 5.75 Å². The average Bonchev–Trinajstić information content (AvgIpc) is 2.41. The minimum absolute atomic E-state index is 0.365. The number of ether oxygens (including phenoxy) is 2. The van der Waals surface area contributed by atoms with Crippen LogP contribution in [-0.4, -0.2) is 32.3 Å². The van der Waals surface area contributed by atoms with Crippen molar-refractivity contribution in [1.29, 1.82) is 0 Å². The molecule has 5 heteroatoms. The molecule has 4 nitrogen and oxygen atoms in total. The third-order valence-corrected chi connectivity index (χ3v) is 4.56. The van der Waals surface area contributed by atoms with Crippen LogP contribution in [0.4, 0.5) is 4.79 Å². The molecule has 19 heavy (non-hydrogen) atoms. The second-order valence-electron chi connectivity index (χ2n) is 4.53. The maximum absolute atomic E-state index is 11.5. The molecule has 0 aromatic heterocycles. The Labute approximate surface area is 122 Å². The molecule has 1 aromatic carbocycles. The third kappa shape index (κ3) is 3.03. The van der Waals surface area contributed by atoms with Gasteiger partial charge in [0.05, 0.1) is 20.8 Å². The zero-order valence-corrected chi connectivity index (χ0v) is 13.8. The van der Waals surface area contributed by atoms with Gasteiger partial charge in [-0.2, -0.15) is 0 Å². The SMILES string of the molecule is COC(=O)N(C)Cc1c(C)c(Br)c(C)c(C)c1OC. The molecule has 0 unspecified atom stereocenters. The van der Waals surface area contributed by atoms with Crippen molar-refractivity contribution < 1.29 is 14.3 Å². The summed E-state index contributed by atoms with van der Waals surface area (Å²) in [5.74, 6) is 0.828. The van der Waals surface area contributed by atoms with E-state index in [0.717, 1.165) is 32.5 Å². The summed E-state index contributed by atoms with van der Waals surface area (Å²) in [6.07, 6.45) is -0.365. The van der Waals surface area contributed by atoms with Gasteiger partial charge in [-0.15, -0.1) is 0 Å². The molecule has 106 valence electrons. The van der Waals surface area contributed by atoms with Crippen LogP contribution in [0.1, 0.15) is 22.3 Å². The third-order valence-electron chi connectivity index (χ3n) is 3.37. The molecule has 0 radical (unpaired) electrons. The molecule has 0 aliphatic carbocycles. The highest BCUT2D eigenvalue weighted by Gasteiger charge is 2.19. The predicted octanol–water partition coefficient (Wildman–Crippen LogP) is 3.58. The summed E-state index contributed by atoms with van der Waals surface area (Å²) in [6, 6.07) is 0. The van der Waals surface area contributed by atoms with Crippen LogP contribution in [0.5, 0.6) is 5.75 Å². The van der Waals surface area contributed by atoms with E-state index < -0.39 is 0 Å². The highest BCUT2D eigenvalue weighted by atomic mass is 79.9. The Balaban J connectivity index is 3.30. The van der Waals surface area contributed by atoms with Crippen molar-refractivity contribution >= 4 is 22.0 Å². The van der Waals surface area contributed by atoms with Crippen LogP contribution in [0, 0.1) is 20.8 Å². The van der Waals surface area contributed by atoms with Gasteiger partial charge in [0, 0.05) is 17.1 Å². The van der Waals surface area contributed by atoms with E-state index >= 15 is 0 Å². The number of nitrogens with zero attached hydrogens (tertiary/aromatic N) is 1. The van der Waals surface area contributed by atoms with Gasteiger partial charge in [-0.3, -0.25) is 0 Å². The Kier molecular flexibility index (Phi) is 5.23. The van der Waals surface area contributed by atoms with Gasteiger partial charge in [-0.1, -0.05) is 15.9 Å². The molecule has 0 spiro atoms. The van der Waals surface area contributed by atoms with E-state index in [1.165, 1.54) is 12.0 Å². The van der Waals surface area contributed by atoms with Gasteiger partial charge >= 0.3 is 6.09 Å². The van der Waals surface area contributed by atoms with Crippen LogP contribution >= 0.6 is 15.9 Å². The normalized spacial score (nSPS) is 10.3. The number of carbonyl (C=O) groups excluding carboxylic acids is 1. The number of hydrogen-bond acceptors (Lipinski definition) is 3. The summed E-state index contributed by atoms with van der Waals surface area (Å²) >= 11 is 3.60. The predicted molar refractivity (Wildman–Crippen MR) is 78.8 cm³/mol. The lowest BCUT2D eigenvalue weighted by Crippen LogP contribution is -2.26. The van der Waals surface area contributed by atoms with Crippen LogP contribution in [0.25, 0.3) is 0 Å². The maximum Gasteiger partial charge on any atom is 0.409 e.